The van der Waals surface area contributed by atoms with Crippen molar-refractivity contribution in [2.75, 3.05) is 0 Å². The molecule has 10 rings (SSSR count). The number of fused-ring (bicyclic) bond motifs is 9. The minimum absolute atomic E-state index is 0.828. The molecule has 3 heteroatoms. The summed E-state index contributed by atoms with van der Waals surface area (Å²) in [5.74, 6) is 0. The van der Waals surface area contributed by atoms with Crippen LogP contribution in [-0.2, 0) is 0 Å². The molecule has 0 aliphatic rings. The van der Waals surface area contributed by atoms with Crippen molar-refractivity contribution in [2.45, 2.75) is 0 Å². The van der Waals surface area contributed by atoms with Crippen LogP contribution in [0.15, 0.2) is 142 Å². The highest BCUT2D eigenvalue weighted by Gasteiger charge is 2.23. The molecule has 2 nitrogen and oxygen atoms in total. The van der Waals surface area contributed by atoms with Crippen LogP contribution in [0.1, 0.15) is 0 Å². The maximum atomic E-state index is 6.42. The Kier molecular flexibility index (Phi) is 4.63. The van der Waals surface area contributed by atoms with Crippen molar-refractivity contribution in [3.63, 3.8) is 0 Å². The van der Waals surface area contributed by atoms with Crippen LogP contribution >= 0.6 is 11.3 Å². The maximum Gasteiger partial charge on any atom is 0.139 e. The van der Waals surface area contributed by atoms with Crippen LogP contribution in [0.5, 0.6) is 0 Å². The van der Waals surface area contributed by atoms with E-state index >= 15 is 0 Å². The third kappa shape index (κ3) is 3.17. The average Bonchev–Trinajstić information content (AvgIpc) is 3.77. The molecule has 3 heterocycles. The first-order valence-corrected chi connectivity index (χ1v) is 15.3. The number of hydrogen-bond acceptors (Lipinski definition) is 3. The Bertz CT molecular complexity index is 2680. The quantitative estimate of drug-likeness (QED) is 0.195. The lowest BCUT2D eigenvalue weighted by molar-refractivity contribution is 0.613. The summed E-state index contributed by atoms with van der Waals surface area (Å²) >= 11 is 1.87. The van der Waals surface area contributed by atoms with Crippen molar-refractivity contribution in [3.8, 4) is 22.3 Å². The molecule has 0 unspecified atom stereocenters. The highest BCUT2D eigenvalue weighted by Crippen LogP contribution is 2.50. The Morgan fingerprint density at radius 2 is 1.02 bits per heavy atom. The second-order valence-electron chi connectivity index (χ2n) is 11.2. The zero-order valence-corrected chi connectivity index (χ0v) is 23.7. The topological polar surface area (TPSA) is 26.3 Å². The monoisotopic (exact) mass is 566 g/mol. The fraction of sp³-hybridized carbons (Fsp3) is 0. The number of hydrogen-bond donors (Lipinski definition) is 0. The molecule has 0 aliphatic carbocycles. The smallest absolute Gasteiger partial charge is 0.139 e. The van der Waals surface area contributed by atoms with E-state index in [1.165, 1.54) is 58.4 Å². The molecule has 10 aromatic rings. The summed E-state index contributed by atoms with van der Waals surface area (Å²) in [7, 11) is 0. The Balaban J connectivity index is 1.38. The fourth-order valence-corrected chi connectivity index (χ4v) is 8.31. The predicted molar refractivity (Wildman–Crippen MR) is 182 cm³/mol. The van der Waals surface area contributed by atoms with Crippen LogP contribution in [0.3, 0.4) is 0 Å². The van der Waals surface area contributed by atoms with E-state index in [1.807, 2.05) is 29.5 Å². The lowest BCUT2D eigenvalue weighted by Gasteiger charge is -2.19. The van der Waals surface area contributed by atoms with Crippen molar-refractivity contribution in [2.24, 2.45) is 0 Å². The third-order valence-electron chi connectivity index (χ3n) is 8.95. The Labute approximate surface area is 250 Å². The van der Waals surface area contributed by atoms with E-state index in [9.17, 15) is 0 Å². The van der Waals surface area contributed by atoms with Crippen LogP contribution in [0.25, 0.3) is 96.9 Å². The first-order valence-electron chi connectivity index (χ1n) is 14.5. The summed E-state index contributed by atoms with van der Waals surface area (Å²) in [4.78, 5) is 0. The van der Waals surface area contributed by atoms with Crippen LogP contribution in [-0.4, -0.2) is 0 Å². The number of benzene rings is 7. The van der Waals surface area contributed by atoms with Gasteiger partial charge in [0.15, 0.2) is 0 Å². The summed E-state index contributed by atoms with van der Waals surface area (Å²) < 4.78 is 15.1. The van der Waals surface area contributed by atoms with Crippen molar-refractivity contribution in [1.82, 2.24) is 0 Å². The molecule has 200 valence electrons. The maximum absolute atomic E-state index is 6.42. The van der Waals surface area contributed by atoms with Gasteiger partial charge in [-0.3, -0.25) is 0 Å². The van der Waals surface area contributed by atoms with Crippen LogP contribution in [0.4, 0.5) is 0 Å². The summed E-state index contributed by atoms with van der Waals surface area (Å²) in [6.07, 6.45) is 1.79. The van der Waals surface area contributed by atoms with Gasteiger partial charge in [0.05, 0.1) is 6.26 Å². The first kappa shape index (κ1) is 23.2. The SMILES string of the molecule is c1ccc2c(c1)oc1cc3occc3c(-c3c4ccccc4c(-c4ccc5c(c4)sc4ccccc45)c4ccccc34)c12. The standard InChI is InChI=1S/C40H22O2S/c1-3-12-28-26(10-1)37(23-17-18-25-24-9-6-8-16-35(24)43-36(25)21-23)27-11-2-4-13-29(27)38(28)40-31-19-20-41-33(31)22-34-39(40)30-14-5-7-15-32(30)42-34/h1-22H. The minimum atomic E-state index is 0.828. The highest BCUT2D eigenvalue weighted by atomic mass is 32.1. The van der Waals surface area contributed by atoms with Gasteiger partial charge in [-0.1, -0.05) is 97.1 Å². The molecule has 0 N–H and O–H groups in total. The number of thiophene rings is 1. The molecule has 0 aliphatic heterocycles. The van der Waals surface area contributed by atoms with E-state index in [4.69, 9.17) is 8.83 Å². The van der Waals surface area contributed by atoms with E-state index in [-0.39, 0.29) is 0 Å². The lowest BCUT2D eigenvalue weighted by Crippen LogP contribution is -1.92. The van der Waals surface area contributed by atoms with Gasteiger partial charge in [0.2, 0.25) is 0 Å². The molecule has 0 saturated carbocycles. The molecule has 0 bridgehead atoms. The Hall–Kier alpha value is -5.38. The van der Waals surface area contributed by atoms with Crippen molar-refractivity contribution in [3.05, 3.63) is 134 Å². The second-order valence-corrected chi connectivity index (χ2v) is 12.3. The van der Waals surface area contributed by atoms with Gasteiger partial charge in [0, 0.05) is 48.0 Å². The van der Waals surface area contributed by atoms with Gasteiger partial charge in [0.1, 0.15) is 16.7 Å². The predicted octanol–water partition coefficient (Wildman–Crippen LogP) is 12.3. The zero-order valence-electron chi connectivity index (χ0n) is 22.9. The average molecular weight is 567 g/mol. The molecule has 0 spiro atoms. The van der Waals surface area contributed by atoms with Gasteiger partial charge < -0.3 is 8.83 Å². The van der Waals surface area contributed by atoms with Gasteiger partial charge >= 0.3 is 0 Å². The number of para-hydroxylation sites is 1. The number of furan rings is 2. The second kappa shape index (κ2) is 8.57. The summed E-state index contributed by atoms with van der Waals surface area (Å²) in [6, 6.07) is 45.8. The highest BCUT2D eigenvalue weighted by molar-refractivity contribution is 7.25. The third-order valence-corrected chi connectivity index (χ3v) is 10.1. The Morgan fingerprint density at radius 3 is 1.79 bits per heavy atom. The number of rotatable bonds is 2. The molecule has 7 aromatic carbocycles. The molecular weight excluding hydrogens is 545 g/mol. The molecule has 0 atom stereocenters. The van der Waals surface area contributed by atoms with E-state index in [0.29, 0.717) is 0 Å². The lowest BCUT2D eigenvalue weighted by atomic mass is 9.84. The molecule has 3 aromatic heterocycles. The summed E-state index contributed by atoms with van der Waals surface area (Å²) in [6.45, 7) is 0. The van der Waals surface area contributed by atoms with Crippen LogP contribution < -0.4 is 0 Å². The summed E-state index contributed by atoms with van der Waals surface area (Å²) in [5, 5.41) is 10.9. The molecule has 0 saturated heterocycles. The van der Waals surface area contributed by atoms with Crippen LogP contribution in [0, 0.1) is 0 Å². The first-order chi connectivity index (χ1) is 21.3. The van der Waals surface area contributed by atoms with Gasteiger partial charge in [-0.2, -0.15) is 0 Å². The van der Waals surface area contributed by atoms with Gasteiger partial charge in [0.25, 0.3) is 0 Å². The molecule has 43 heavy (non-hydrogen) atoms. The van der Waals surface area contributed by atoms with Crippen molar-refractivity contribution >= 4 is 86.0 Å². The van der Waals surface area contributed by atoms with Crippen molar-refractivity contribution < 1.29 is 8.83 Å². The van der Waals surface area contributed by atoms with E-state index in [2.05, 4.69) is 109 Å². The molecule has 0 radical (unpaired) electrons. The minimum Gasteiger partial charge on any atom is -0.464 e. The van der Waals surface area contributed by atoms with Crippen LogP contribution in [0.2, 0.25) is 0 Å². The zero-order chi connectivity index (χ0) is 28.1. The van der Waals surface area contributed by atoms with E-state index in [1.54, 1.807) is 6.26 Å². The Morgan fingerprint density at radius 1 is 0.395 bits per heavy atom. The molecule has 0 fully saturated rings. The largest absolute Gasteiger partial charge is 0.464 e. The van der Waals surface area contributed by atoms with E-state index in [0.717, 1.165) is 38.5 Å². The normalized spacial score (nSPS) is 12.2. The molecular formula is C40H22O2S. The van der Waals surface area contributed by atoms with Gasteiger partial charge in [-0.05, 0) is 62.5 Å². The van der Waals surface area contributed by atoms with Gasteiger partial charge in [-0.15, -0.1) is 11.3 Å². The summed E-state index contributed by atoms with van der Waals surface area (Å²) in [5.41, 5.74) is 7.42. The van der Waals surface area contributed by atoms with Gasteiger partial charge in [-0.25, -0.2) is 0 Å². The van der Waals surface area contributed by atoms with Crippen molar-refractivity contribution in [1.29, 1.82) is 0 Å². The van der Waals surface area contributed by atoms with E-state index < -0.39 is 0 Å². The molecule has 0 amide bonds. The fourth-order valence-electron chi connectivity index (χ4n) is 7.17.